The van der Waals surface area contributed by atoms with Gasteiger partial charge in [0.05, 0.1) is 18.1 Å². The van der Waals surface area contributed by atoms with E-state index in [9.17, 15) is 18.0 Å². The molecule has 0 aromatic rings. The fourth-order valence-corrected chi connectivity index (χ4v) is 3.81. The molecule has 0 saturated carbocycles. The van der Waals surface area contributed by atoms with E-state index in [0.717, 1.165) is 0 Å². The molecule has 2 unspecified atom stereocenters. The molecule has 1 heterocycles. The summed E-state index contributed by atoms with van der Waals surface area (Å²) in [7, 11) is -1.49. The molecule has 1 aliphatic rings. The maximum Gasteiger partial charge on any atom is 0.323 e. The first-order valence-corrected chi connectivity index (χ1v) is 8.38. The fourth-order valence-electron chi connectivity index (χ4n) is 2.03. The predicted octanol–water partition coefficient (Wildman–Crippen LogP) is -0.525. The number of amides is 1. The van der Waals surface area contributed by atoms with Crippen molar-refractivity contribution in [3.63, 3.8) is 0 Å². The van der Waals surface area contributed by atoms with Gasteiger partial charge in [-0.3, -0.25) is 14.9 Å². The average Bonchev–Trinajstić information content (AvgIpc) is 2.74. The number of hydrogen-bond donors (Lipinski definition) is 2. The van der Waals surface area contributed by atoms with Crippen molar-refractivity contribution in [2.75, 3.05) is 25.1 Å². The van der Waals surface area contributed by atoms with Crippen LogP contribution in [0.5, 0.6) is 0 Å². The van der Waals surface area contributed by atoms with E-state index >= 15 is 0 Å². The Bertz CT molecular complexity index is 490. The molecule has 2 atom stereocenters. The molecule has 1 saturated heterocycles. The summed E-state index contributed by atoms with van der Waals surface area (Å²) in [6.07, 6.45) is 0.783. The number of carbonyl (C=O) groups excluding carboxylic acids is 1. The Morgan fingerprint density at radius 1 is 1.45 bits per heavy atom. The number of carboxylic acid groups (broad SMARTS) is 1. The van der Waals surface area contributed by atoms with Gasteiger partial charge in [-0.15, -0.1) is 0 Å². The molecule has 0 bridgehead atoms. The van der Waals surface area contributed by atoms with Gasteiger partial charge >= 0.3 is 5.97 Å². The molecule has 1 rings (SSSR count). The number of sulfone groups is 1. The molecule has 0 aromatic heterocycles. The first-order valence-electron chi connectivity index (χ1n) is 6.56. The molecule has 0 aromatic carbocycles. The van der Waals surface area contributed by atoms with Gasteiger partial charge < -0.3 is 10.0 Å². The largest absolute Gasteiger partial charge is 0.480 e. The molecular weight excluding hydrogens is 284 g/mol. The molecule has 2 N–H and O–H groups in total. The molecule has 1 fully saturated rings. The third-order valence-corrected chi connectivity index (χ3v) is 5.71. The third kappa shape index (κ3) is 3.92. The second kappa shape index (κ2) is 6.09. The zero-order valence-electron chi connectivity index (χ0n) is 12.0. The Morgan fingerprint density at radius 3 is 2.45 bits per heavy atom. The summed E-state index contributed by atoms with van der Waals surface area (Å²) in [6, 6.07) is -0.313. The van der Waals surface area contributed by atoms with Crippen LogP contribution >= 0.6 is 0 Å². The van der Waals surface area contributed by atoms with E-state index < -0.39 is 21.3 Å². The van der Waals surface area contributed by atoms with Crippen molar-refractivity contribution >= 4 is 21.7 Å². The fraction of sp³-hybridized carbons (Fsp3) is 0.833. The van der Waals surface area contributed by atoms with Gasteiger partial charge in [0.25, 0.3) is 0 Å². The summed E-state index contributed by atoms with van der Waals surface area (Å²) < 4.78 is 22.8. The van der Waals surface area contributed by atoms with Crippen LogP contribution in [0.2, 0.25) is 0 Å². The molecule has 0 radical (unpaired) electrons. The molecule has 8 heteroatoms. The highest BCUT2D eigenvalue weighted by molar-refractivity contribution is 7.91. The summed E-state index contributed by atoms with van der Waals surface area (Å²) in [4.78, 5) is 24.5. The lowest BCUT2D eigenvalue weighted by molar-refractivity contribution is -0.144. The number of likely N-dealkylation sites (N-methyl/N-ethyl adjacent to an activating group) is 1. The summed E-state index contributed by atoms with van der Waals surface area (Å²) >= 11 is 0. The highest BCUT2D eigenvalue weighted by atomic mass is 32.2. The van der Waals surface area contributed by atoms with Crippen LogP contribution in [0, 0.1) is 0 Å². The third-order valence-electron chi connectivity index (χ3n) is 3.96. The normalized spacial score (nSPS) is 24.1. The van der Waals surface area contributed by atoms with E-state index in [1.54, 1.807) is 14.0 Å². The van der Waals surface area contributed by atoms with E-state index in [1.165, 1.54) is 11.8 Å². The van der Waals surface area contributed by atoms with Crippen LogP contribution < -0.4 is 5.32 Å². The van der Waals surface area contributed by atoms with Gasteiger partial charge in [-0.25, -0.2) is 8.42 Å². The van der Waals surface area contributed by atoms with Crippen molar-refractivity contribution in [3.05, 3.63) is 0 Å². The van der Waals surface area contributed by atoms with Crippen LogP contribution in [0.25, 0.3) is 0 Å². The zero-order chi connectivity index (χ0) is 15.6. The topological polar surface area (TPSA) is 104 Å². The quantitative estimate of drug-likeness (QED) is 0.684. The number of nitrogens with one attached hydrogen (secondary N) is 1. The molecule has 20 heavy (non-hydrogen) atoms. The molecule has 1 amide bonds. The van der Waals surface area contributed by atoms with Crippen molar-refractivity contribution in [1.82, 2.24) is 10.2 Å². The van der Waals surface area contributed by atoms with Gasteiger partial charge in [-0.2, -0.15) is 0 Å². The minimum atomic E-state index is -3.04. The maximum absolute atomic E-state index is 12.0. The Balaban J connectivity index is 2.57. The zero-order valence-corrected chi connectivity index (χ0v) is 12.9. The van der Waals surface area contributed by atoms with Crippen LogP contribution in [-0.2, 0) is 19.4 Å². The highest BCUT2D eigenvalue weighted by Crippen LogP contribution is 2.16. The first-order chi connectivity index (χ1) is 9.11. The summed E-state index contributed by atoms with van der Waals surface area (Å²) in [6.45, 7) is 3.12. The van der Waals surface area contributed by atoms with Crippen LogP contribution in [0.4, 0.5) is 0 Å². The number of rotatable bonds is 6. The number of carboxylic acids is 1. The van der Waals surface area contributed by atoms with Gasteiger partial charge in [0, 0.05) is 13.1 Å². The number of carbonyl (C=O) groups is 2. The van der Waals surface area contributed by atoms with Gasteiger partial charge in [0.15, 0.2) is 9.84 Å². The van der Waals surface area contributed by atoms with E-state index in [0.29, 0.717) is 12.8 Å². The summed E-state index contributed by atoms with van der Waals surface area (Å²) in [5, 5.41) is 11.8. The lowest BCUT2D eigenvalue weighted by Gasteiger charge is -2.28. The Morgan fingerprint density at radius 2 is 2.05 bits per heavy atom. The summed E-state index contributed by atoms with van der Waals surface area (Å²) in [5.74, 6) is -1.23. The van der Waals surface area contributed by atoms with Gasteiger partial charge in [0.1, 0.15) is 5.54 Å². The minimum absolute atomic E-state index is 0.0147. The van der Waals surface area contributed by atoms with Gasteiger partial charge in [-0.1, -0.05) is 6.92 Å². The molecule has 0 aliphatic carbocycles. The monoisotopic (exact) mass is 306 g/mol. The molecule has 1 aliphatic heterocycles. The summed E-state index contributed by atoms with van der Waals surface area (Å²) in [5.41, 5.74) is -1.15. The molecule has 7 nitrogen and oxygen atoms in total. The van der Waals surface area contributed by atoms with E-state index in [-0.39, 0.29) is 30.0 Å². The number of aliphatic carboxylic acids is 1. The Labute approximate surface area is 119 Å². The SMILES string of the molecule is CCC(C)(NCC(=O)N(C)C1CCS(=O)(=O)C1)C(=O)O. The standard InChI is InChI=1S/C12H22N2O5S/c1-4-12(2,11(16)17)13-7-10(15)14(3)9-5-6-20(18,19)8-9/h9,13H,4-8H2,1-3H3,(H,16,17). The molecule has 0 spiro atoms. The van der Waals surface area contributed by atoms with Crippen LogP contribution in [-0.4, -0.2) is 67.0 Å². The van der Waals surface area contributed by atoms with Crippen molar-refractivity contribution < 1.29 is 23.1 Å². The molecule has 116 valence electrons. The van der Waals surface area contributed by atoms with Crippen molar-refractivity contribution in [2.45, 2.75) is 38.3 Å². The lowest BCUT2D eigenvalue weighted by Crippen LogP contribution is -2.53. The molecular formula is C12H22N2O5S. The predicted molar refractivity (Wildman–Crippen MR) is 74.2 cm³/mol. The number of nitrogens with zero attached hydrogens (tertiary/aromatic N) is 1. The second-order valence-corrected chi connectivity index (χ2v) is 7.63. The Hall–Kier alpha value is -1.15. The minimum Gasteiger partial charge on any atom is -0.480 e. The maximum atomic E-state index is 12.0. The van der Waals surface area contributed by atoms with Crippen LogP contribution in [0.3, 0.4) is 0 Å². The van der Waals surface area contributed by atoms with Crippen LogP contribution in [0.15, 0.2) is 0 Å². The highest BCUT2D eigenvalue weighted by Gasteiger charge is 2.35. The van der Waals surface area contributed by atoms with Gasteiger partial charge in [0.2, 0.25) is 5.91 Å². The van der Waals surface area contributed by atoms with E-state index in [2.05, 4.69) is 5.32 Å². The lowest BCUT2D eigenvalue weighted by atomic mass is 9.99. The number of hydrogen-bond acceptors (Lipinski definition) is 5. The second-order valence-electron chi connectivity index (χ2n) is 5.41. The van der Waals surface area contributed by atoms with E-state index in [4.69, 9.17) is 5.11 Å². The van der Waals surface area contributed by atoms with Crippen molar-refractivity contribution in [3.8, 4) is 0 Å². The van der Waals surface area contributed by atoms with Crippen molar-refractivity contribution in [1.29, 1.82) is 0 Å². The van der Waals surface area contributed by atoms with Crippen LogP contribution in [0.1, 0.15) is 26.7 Å². The van der Waals surface area contributed by atoms with Gasteiger partial charge in [-0.05, 0) is 19.8 Å². The first kappa shape index (κ1) is 16.9. The van der Waals surface area contributed by atoms with Crippen molar-refractivity contribution in [2.24, 2.45) is 0 Å². The van der Waals surface area contributed by atoms with E-state index in [1.807, 2.05) is 0 Å². The Kier molecular flexibility index (Phi) is 5.15. The smallest absolute Gasteiger partial charge is 0.323 e. The average molecular weight is 306 g/mol.